The van der Waals surface area contributed by atoms with Crippen LogP contribution in [-0.2, 0) is 20.9 Å². The van der Waals surface area contributed by atoms with E-state index >= 15 is 0 Å². The van der Waals surface area contributed by atoms with E-state index < -0.39 is 10.9 Å². The van der Waals surface area contributed by atoms with Crippen molar-refractivity contribution >= 4 is 29.3 Å². The van der Waals surface area contributed by atoms with Gasteiger partial charge in [-0.25, -0.2) is 4.79 Å². The Morgan fingerprint density at radius 1 is 1.42 bits per heavy atom. The molecule has 2 heterocycles. The van der Waals surface area contributed by atoms with Gasteiger partial charge in [-0.2, -0.15) is 0 Å². The van der Waals surface area contributed by atoms with Gasteiger partial charge in [0.2, 0.25) is 5.91 Å². The van der Waals surface area contributed by atoms with Gasteiger partial charge >= 0.3 is 5.97 Å². The molecule has 7 nitrogen and oxygen atoms in total. The highest BCUT2D eigenvalue weighted by Gasteiger charge is 2.49. The van der Waals surface area contributed by atoms with E-state index in [1.54, 1.807) is 23.9 Å². The van der Waals surface area contributed by atoms with Crippen LogP contribution in [0.4, 0.5) is 5.69 Å². The van der Waals surface area contributed by atoms with E-state index in [0.717, 1.165) is 4.91 Å². The average Bonchev–Trinajstić information content (AvgIpc) is 2.86. The minimum Gasteiger partial charge on any atom is -0.456 e. The second kappa shape index (κ2) is 6.27. The molecule has 1 unspecified atom stereocenters. The van der Waals surface area contributed by atoms with Crippen LogP contribution in [0.2, 0.25) is 0 Å². The van der Waals surface area contributed by atoms with Crippen LogP contribution in [-0.4, -0.2) is 27.1 Å². The number of esters is 1. The molecular weight excluding hydrogens is 332 g/mol. The Morgan fingerprint density at radius 3 is 2.62 bits per heavy atom. The Morgan fingerprint density at radius 2 is 2.08 bits per heavy atom. The molecule has 0 N–H and O–H groups in total. The highest BCUT2D eigenvalue weighted by Crippen LogP contribution is 2.48. The largest absolute Gasteiger partial charge is 0.456 e. The van der Waals surface area contributed by atoms with Gasteiger partial charge in [-0.3, -0.25) is 19.8 Å². The maximum atomic E-state index is 12.4. The molecule has 1 amide bonds. The van der Waals surface area contributed by atoms with E-state index in [-0.39, 0.29) is 29.5 Å². The summed E-state index contributed by atoms with van der Waals surface area (Å²) in [5.74, 6) is -0.458. The van der Waals surface area contributed by atoms with Gasteiger partial charge in [0, 0.05) is 17.0 Å². The van der Waals surface area contributed by atoms with Crippen LogP contribution in [0, 0.1) is 16.0 Å². The summed E-state index contributed by atoms with van der Waals surface area (Å²) in [6.07, 6.45) is 0.444. The number of hydrogen-bond acceptors (Lipinski definition) is 6. The first kappa shape index (κ1) is 16.5. The maximum absolute atomic E-state index is 12.4. The van der Waals surface area contributed by atoms with Crippen molar-refractivity contribution in [2.45, 2.75) is 32.2 Å². The van der Waals surface area contributed by atoms with Crippen molar-refractivity contribution in [2.75, 3.05) is 0 Å². The van der Waals surface area contributed by atoms with E-state index in [4.69, 9.17) is 4.74 Å². The Hall–Kier alpha value is -2.35. The smallest absolute Gasteiger partial charge is 0.356 e. The number of amides is 1. The zero-order valence-electron chi connectivity index (χ0n) is 13.2. The summed E-state index contributed by atoms with van der Waals surface area (Å²) in [7, 11) is 0. The van der Waals surface area contributed by atoms with Crippen LogP contribution in [0.5, 0.6) is 0 Å². The lowest BCUT2D eigenvalue weighted by Gasteiger charge is -2.34. The van der Waals surface area contributed by atoms with Crippen LogP contribution in [0.3, 0.4) is 0 Å². The van der Waals surface area contributed by atoms with Crippen molar-refractivity contribution in [3.8, 4) is 0 Å². The van der Waals surface area contributed by atoms with E-state index in [2.05, 4.69) is 0 Å². The molecule has 24 heavy (non-hydrogen) atoms. The van der Waals surface area contributed by atoms with Gasteiger partial charge in [0.1, 0.15) is 12.3 Å². The van der Waals surface area contributed by atoms with Gasteiger partial charge in [0.15, 0.2) is 0 Å². The molecule has 0 aromatic heterocycles. The Kier molecular flexibility index (Phi) is 4.31. The summed E-state index contributed by atoms with van der Waals surface area (Å²) in [6.45, 7) is 3.95. The van der Waals surface area contributed by atoms with Gasteiger partial charge in [0.05, 0.1) is 16.7 Å². The van der Waals surface area contributed by atoms with Gasteiger partial charge < -0.3 is 4.74 Å². The van der Waals surface area contributed by atoms with Crippen molar-refractivity contribution < 1.29 is 19.2 Å². The molecule has 1 aromatic rings. The summed E-state index contributed by atoms with van der Waals surface area (Å²) in [6, 6.07) is 5.82. The van der Waals surface area contributed by atoms with Crippen LogP contribution >= 0.6 is 11.8 Å². The number of benzene rings is 1. The monoisotopic (exact) mass is 348 g/mol. The molecule has 2 aliphatic rings. The third-order valence-electron chi connectivity index (χ3n) is 3.88. The highest BCUT2D eigenvalue weighted by molar-refractivity contribution is 8.04. The molecule has 126 valence electrons. The standard InChI is InChI=1S/C16H16N2O5S/c1-9(2)15-14(17-12(19)7-13(17)24-15)16(20)23-8-10-3-5-11(6-4-10)18(21)22/h3-6,9,13H,7-8H2,1-2H3. The zero-order valence-corrected chi connectivity index (χ0v) is 14.0. The lowest BCUT2D eigenvalue weighted by molar-refractivity contribution is -0.384. The number of carbonyl (C=O) groups excluding carboxylic acids is 2. The number of fused-ring (bicyclic) bond motifs is 1. The summed E-state index contributed by atoms with van der Waals surface area (Å²) in [4.78, 5) is 36.8. The van der Waals surface area contributed by atoms with E-state index in [9.17, 15) is 19.7 Å². The predicted octanol–water partition coefficient (Wildman–Crippen LogP) is 2.81. The van der Waals surface area contributed by atoms with Gasteiger partial charge in [-0.1, -0.05) is 13.8 Å². The van der Waals surface area contributed by atoms with Crippen molar-refractivity contribution in [3.63, 3.8) is 0 Å². The van der Waals surface area contributed by atoms with Gasteiger partial charge in [0.25, 0.3) is 5.69 Å². The maximum Gasteiger partial charge on any atom is 0.356 e. The molecule has 0 spiro atoms. The lowest BCUT2D eigenvalue weighted by Crippen LogP contribution is -2.48. The number of rotatable bonds is 5. The molecule has 0 saturated carbocycles. The normalized spacial score (nSPS) is 19.4. The second-order valence-corrected chi connectivity index (χ2v) is 7.13. The SMILES string of the molecule is CC(C)C1=C(C(=O)OCc2ccc([N+](=O)[O-])cc2)N2C(=O)CC2S1. The van der Waals surface area contributed by atoms with Crippen LogP contribution in [0.25, 0.3) is 0 Å². The number of nitro groups is 1. The van der Waals surface area contributed by atoms with Crippen molar-refractivity contribution in [2.24, 2.45) is 5.92 Å². The quantitative estimate of drug-likeness (QED) is 0.352. The number of nitrogens with zero attached hydrogens (tertiary/aromatic N) is 2. The molecule has 1 fully saturated rings. The number of carbonyl (C=O) groups is 2. The molecule has 0 radical (unpaired) electrons. The molecule has 0 bridgehead atoms. The highest BCUT2D eigenvalue weighted by atomic mass is 32.2. The fourth-order valence-corrected chi connectivity index (χ4v) is 4.02. The number of thioether (sulfide) groups is 1. The van der Waals surface area contributed by atoms with E-state index in [0.29, 0.717) is 17.7 Å². The molecule has 2 aliphatic heterocycles. The van der Waals surface area contributed by atoms with Crippen LogP contribution < -0.4 is 0 Å². The molecule has 1 saturated heterocycles. The predicted molar refractivity (Wildman–Crippen MR) is 87.6 cm³/mol. The summed E-state index contributed by atoms with van der Waals surface area (Å²) in [5, 5.41) is 10.6. The topological polar surface area (TPSA) is 89.8 Å². The first-order valence-corrected chi connectivity index (χ1v) is 8.39. The molecule has 1 atom stereocenters. The number of ether oxygens (including phenoxy) is 1. The second-order valence-electron chi connectivity index (χ2n) is 5.91. The van der Waals surface area contributed by atoms with Gasteiger partial charge in [-0.05, 0) is 23.6 Å². The molecule has 1 aromatic carbocycles. The van der Waals surface area contributed by atoms with E-state index in [1.165, 1.54) is 17.0 Å². The molecule has 0 aliphatic carbocycles. The Bertz CT molecular complexity index is 741. The number of non-ortho nitro benzene ring substituents is 1. The summed E-state index contributed by atoms with van der Waals surface area (Å²) in [5.41, 5.74) is 0.979. The average molecular weight is 348 g/mol. The van der Waals surface area contributed by atoms with E-state index in [1.807, 2.05) is 13.8 Å². The third-order valence-corrected chi connectivity index (χ3v) is 5.45. The lowest BCUT2D eigenvalue weighted by atomic mass is 10.1. The van der Waals surface area contributed by atoms with Crippen LogP contribution in [0.1, 0.15) is 25.8 Å². The molecule has 8 heteroatoms. The first-order chi connectivity index (χ1) is 11.4. The first-order valence-electron chi connectivity index (χ1n) is 7.52. The minimum absolute atomic E-state index is 0.00304. The van der Waals surface area contributed by atoms with Crippen molar-refractivity contribution in [1.29, 1.82) is 0 Å². The number of hydrogen-bond donors (Lipinski definition) is 0. The molecule has 3 rings (SSSR count). The number of nitro benzene ring substituents is 1. The summed E-state index contributed by atoms with van der Waals surface area (Å²) < 4.78 is 5.32. The summed E-state index contributed by atoms with van der Waals surface area (Å²) >= 11 is 1.54. The van der Waals surface area contributed by atoms with Crippen molar-refractivity contribution in [1.82, 2.24) is 4.90 Å². The zero-order chi connectivity index (χ0) is 17.4. The Balaban J connectivity index is 1.70. The number of β-lactam (4-membered cyclic amide) rings is 1. The van der Waals surface area contributed by atoms with Gasteiger partial charge in [-0.15, -0.1) is 11.8 Å². The fourth-order valence-electron chi connectivity index (χ4n) is 2.61. The fraction of sp³-hybridized carbons (Fsp3) is 0.375. The minimum atomic E-state index is -0.528. The van der Waals surface area contributed by atoms with Crippen molar-refractivity contribution in [3.05, 3.63) is 50.5 Å². The van der Waals surface area contributed by atoms with Crippen LogP contribution in [0.15, 0.2) is 34.9 Å². The number of allylic oxidation sites excluding steroid dienone is 1. The Labute approximate surface area is 142 Å². The third kappa shape index (κ3) is 2.89. The molecular formula is C16H16N2O5S.